The Morgan fingerprint density at radius 3 is 2.82 bits per heavy atom. The quantitative estimate of drug-likeness (QED) is 0.897. The summed E-state index contributed by atoms with van der Waals surface area (Å²) in [6.45, 7) is 0.390. The number of amides is 1. The lowest BCUT2D eigenvalue weighted by molar-refractivity contribution is -0.115. The molecular formula is C12H15BrN2OS. The molecule has 1 aromatic rings. The van der Waals surface area contributed by atoms with Crippen LogP contribution < -0.4 is 10.6 Å². The third-order valence-corrected chi connectivity index (χ3v) is 4.30. The van der Waals surface area contributed by atoms with Gasteiger partial charge in [0, 0.05) is 22.0 Å². The second-order valence-electron chi connectivity index (χ2n) is 4.00. The minimum Gasteiger partial charge on any atom is -0.325 e. The zero-order chi connectivity index (χ0) is 12.1. The molecule has 5 heteroatoms. The maximum absolute atomic E-state index is 11.7. The first-order valence-electron chi connectivity index (χ1n) is 5.60. The molecule has 2 rings (SSSR count). The second kappa shape index (κ2) is 6.42. The van der Waals surface area contributed by atoms with Gasteiger partial charge in [-0.3, -0.25) is 4.79 Å². The fourth-order valence-electron chi connectivity index (χ4n) is 1.67. The van der Waals surface area contributed by atoms with Crippen molar-refractivity contribution in [3.05, 3.63) is 28.7 Å². The molecule has 1 aromatic carbocycles. The van der Waals surface area contributed by atoms with Crippen LogP contribution in [0.1, 0.15) is 6.42 Å². The minimum atomic E-state index is 0.0178. The van der Waals surface area contributed by atoms with E-state index in [1.165, 1.54) is 5.75 Å². The van der Waals surface area contributed by atoms with E-state index in [1.54, 1.807) is 0 Å². The maximum Gasteiger partial charge on any atom is 0.238 e. The number of carbonyl (C=O) groups excluding carboxylic acids is 1. The van der Waals surface area contributed by atoms with Gasteiger partial charge in [0.1, 0.15) is 0 Å². The first-order chi connectivity index (χ1) is 8.24. The molecule has 1 amide bonds. The average molecular weight is 315 g/mol. The number of halogens is 1. The number of benzene rings is 1. The molecule has 1 fully saturated rings. The van der Waals surface area contributed by atoms with Crippen LogP contribution in [0.25, 0.3) is 0 Å². The largest absolute Gasteiger partial charge is 0.325 e. The van der Waals surface area contributed by atoms with E-state index in [1.807, 2.05) is 36.0 Å². The fourth-order valence-corrected chi connectivity index (χ4v) is 3.12. The maximum atomic E-state index is 11.7. The van der Waals surface area contributed by atoms with Gasteiger partial charge in [0.05, 0.1) is 6.54 Å². The molecule has 0 bridgehead atoms. The van der Waals surface area contributed by atoms with Crippen LogP contribution in [-0.4, -0.2) is 30.0 Å². The lowest BCUT2D eigenvalue weighted by Crippen LogP contribution is -2.36. The van der Waals surface area contributed by atoms with Crippen LogP contribution in [0.5, 0.6) is 0 Å². The van der Waals surface area contributed by atoms with Crippen LogP contribution in [0.4, 0.5) is 5.69 Å². The molecule has 1 unspecified atom stereocenters. The van der Waals surface area contributed by atoms with Crippen LogP contribution >= 0.6 is 27.7 Å². The molecule has 1 saturated heterocycles. The number of rotatable bonds is 4. The normalized spacial score (nSPS) is 19.2. The highest BCUT2D eigenvalue weighted by molar-refractivity contribution is 9.10. The lowest BCUT2D eigenvalue weighted by atomic mass is 10.2. The molecule has 1 aliphatic rings. The Bertz CT molecular complexity index is 377. The summed E-state index contributed by atoms with van der Waals surface area (Å²) in [6.07, 6.45) is 1.16. The highest BCUT2D eigenvalue weighted by Crippen LogP contribution is 2.17. The van der Waals surface area contributed by atoms with Crippen molar-refractivity contribution in [1.82, 2.24) is 5.32 Å². The Kier molecular flexibility index (Phi) is 4.88. The summed E-state index contributed by atoms with van der Waals surface area (Å²) in [4.78, 5) is 11.7. The van der Waals surface area contributed by atoms with E-state index >= 15 is 0 Å². The molecule has 3 nitrogen and oxygen atoms in total. The number of hydrogen-bond donors (Lipinski definition) is 2. The predicted octanol–water partition coefficient (Wildman–Crippen LogP) is 2.48. The van der Waals surface area contributed by atoms with Crippen molar-refractivity contribution < 1.29 is 4.79 Å². The van der Waals surface area contributed by atoms with Gasteiger partial charge in [-0.25, -0.2) is 0 Å². The fraction of sp³-hybridized carbons (Fsp3) is 0.417. The van der Waals surface area contributed by atoms with Gasteiger partial charge in [0.15, 0.2) is 0 Å². The molecule has 0 radical (unpaired) electrons. The van der Waals surface area contributed by atoms with Crippen molar-refractivity contribution in [3.8, 4) is 0 Å². The lowest BCUT2D eigenvalue weighted by Gasteiger charge is -2.11. The van der Waals surface area contributed by atoms with Gasteiger partial charge in [-0.15, -0.1) is 0 Å². The summed E-state index contributed by atoms with van der Waals surface area (Å²) in [5.74, 6) is 2.33. The third kappa shape index (κ3) is 4.33. The van der Waals surface area contributed by atoms with E-state index in [4.69, 9.17) is 0 Å². The molecule has 92 valence electrons. The van der Waals surface area contributed by atoms with Crippen molar-refractivity contribution in [3.63, 3.8) is 0 Å². The topological polar surface area (TPSA) is 41.1 Å². The van der Waals surface area contributed by atoms with Crippen molar-refractivity contribution >= 4 is 39.3 Å². The van der Waals surface area contributed by atoms with Crippen LogP contribution in [0.2, 0.25) is 0 Å². The summed E-state index contributed by atoms with van der Waals surface area (Å²) in [5, 5.41) is 6.13. The number of thioether (sulfide) groups is 1. The highest BCUT2D eigenvalue weighted by atomic mass is 79.9. The molecule has 0 aromatic heterocycles. The Hall–Kier alpha value is -0.520. The summed E-state index contributed by atoms with van der Waals surface area (Å²) < 4.78 is 1.01. The second-order valence-corrected chi connectivity index (χ2v) is 6.06. The van der Waals surface area contributed by atoms with E-state index < -0.39 is 0 Å². The Balaban J connectivity index is 1.74. The molecule has 17 heavy (non-hydrogen) atoms. The molecule has 1 heterocycles. The summed E-state index contributed by atoms with van der Waals surface area (Å²) >= 11 is 5.30. The molecule has 0 spiro atoms. The smallest absolute Gasteiger partial charge is 0.238 e. The van der Waals surface area contributed by atoms with Gasteiger partial charge in [-0.05, 0) is 36.4 Å². The molecule has 1 aliphatic heterocycles. The van der Waals surface area contributed by atoms with Crippen LogP contribution in [0.15, 0.2) is 28.7 Å². The molecule has 0 aliphatic carbocycles. The van der Waals surface area contributed by atoms with Gasteiger partial charge < -0.3 is 10.6 Å². The van der Waals surface area contributed by atoms with E-state index in [0.717, 1.165) is 22.3 Å². The Morgan fingerprint density at radius 2 is 2.18 bits per heavy atom. The molecule has 2 N–H and O–H groups in total. The van der Waals surface area contributed by atoms with Gasteiger partial charge in [0.2, 0.25) is 5.91 Å². The van der Waals surface area contributed by atoms with E-state index in [-0.39, 0.29) is 5.91 Å². The zero-order valence-electron chi connectivity index (χ0n) is 9.41. The van der Waals surface area contributed by atoms with Crippen molar-refractivity contribution in [2.24, 2.45) is 0 Å². The van der Waals surface area contributed by atoms with Crippen LogP contribution in [0.3, 0.4) is 0 Å². The number of carbonyl (C=O) groups is 1. The summed E-state index contributed by atoms with van der Waals surface area (Å²) in [6, 6.07) is 8.09. The average Bonchev–Trinajstić information content (AvgIpc) is 2.83. The number of hydrogen-bond acceptors (Lipinski definition) is 3. The third-order valence-electron chi connectivity index (χ3n) is 2.61. The summed E-state index contributed by atoms with van der Waals surface area (Å²) in [5.41, 5.74) is 0.834. The van der Waals surface area contributed by atoms with Gasteiger partial charge in [-0.1, -0.05) is 15.9 Å². The number of nitrogens with one attached hydrogen (secondary N) is 2. The number of anilines is 1. The first kappa shape index (κ1) is 12.9. The van der Waals surface area contributed by atoms with Crippen molar-refractivity contribution in [2.45, 2.75) is 12.5 Å². The molecule has 1 atom stereocenters. The van der Waals surface area contributed by atoms with Crippen LogP contribution in [-0.2, 0) is 4.79 Å². The van der Waals surface area contributed by atoms with E-state index in [0.29, 0.717) is 12.6 Å². The molecular weight excluding hydrogens is 300 g/mol. The van der Waals surface area contributed by atoms with E-state index in [2.05, 4.69) is 26.6 Å². The standard InChI is InChI=1S/C12H15BrN2OS/c13-9-1-3-10(4-2-9)15-12(16)7-14-11-5-6-17-8-11/h1-4,11,14H,5-8H2,(H,15,16). The SMILES string of the molecule is O=C(CNC1CCSC1)Nc1ccc(Br)cc1. The van der Waals surface area contributed by atoms with Crippen LogP contribution in [0, 0.1) is 0 Å². The summed E-state index contributed by atoms with van der Waals surface area (Å²) in [7, 11) is 0. The Morgan fingerprint density at radius 1 is 1.41 bits per heavy atom. The monoisotopic (exact) mass is 314 g/mol. The highest BCUT2D eigenvalue weighted by Gasteiger charge is 2.15. The Labute approximate surface area is 114 Å². The first-order valence-corrected chi connectivity index (χ1v) is 7.55. The van der Waals surface area contributed by atoms with Gasteiger partial charge in [0.25, 0.3) is 0 Å². The van der Waals surface area contributed by atoms with E-state index in [9.17, 15) is 4.79 Å². The predicted molar refractivity (Wildman–Crippen MR) is 76.5 cm³/mol. The molecule has 0 saturated carbocycles. The van der Waals surface area contributed by atoms with Gasteiger partial charge in [-0.2, -0.15) is 11.8 Å². The van der Waals surface area contributed by atoms with Gasteiger partial charge >= 0.3 is 0 Å². The van der Waals surface area contributed by atoms with Crippen molar-refractivity contribution in [2.75, 3.05) is 23.4 Å². The zero-order valence-corrected chi connectivity index (χ0v) is 11.8. The van der Waals surface area contributed by atoms with Crippen molar-refractivity contribution in [1.29, 1.82) is 0 Å². The minimum absolute atomic E-state index is 0.0178.